The number of amides is 2. The van der Waals surface area contributed by atoms with Gasteiger partial charge in [0, 0.05) is 39.3 Å². The van der Waals surface area contributed by atoms with Gasteiger partial charge < -0.3 is 10.2 Å². The number of nitrogens with one attached hydrogen (secondary N) is 1. The van der Waals surface area contributed by atoms with Crippen molar-refractivity contribution in [1.82, 2.24) is 15.1 Å². The Morgan fingerprint density at radius 1 is 0.923 bits per heavy atom. The Labute approximate surface area is 156 Å². The molecule has 0 atom stereocenters. The van der Waals surface area contributed by atoms with Gasteiger partial charge in [0.15, 0.2) is 0 Å². The first-order chi connectivity index (χ1) is 12.8. The first kappa shape index (κ1) is 18.2. The van der Waals surface area contributed by atoms with Crippen molar-refractivity contribution in [2.75, 3.05) is 39.3 Å². The molecule has 0 saturated carbocycles. The Hall–Kier alpha value is -2.59. The largest absolute Gasteiger partial charge is 0.338 e. The first-order valence-electron chi connectivity index (χ1n) is 9.32. The number of rotatable bonds is 6. The summed E-state index contributed by atoms with van der Waals surface area (Å²) in [5, 5.41) is 3.03. The highest BCUT2D eigenvalue weighted by Gasteiger charge is 2.19. The van der Waals surface area contributed by atoms with Crippen molar-refractivity contribution in [3.63, 3.8) is 0 Å². The summed E-state index contributed by atoms with van der Waals surface area (Å²) in [7, 11) is 0. The number of piperazine rings is 1. The summed E-state index contributed by atoms with van der Waals surface area (Å²) >= 11 is 0. The van der Waals surface area contributed by atoms with Gasteiger partial charge in [-0.2, -0.15) is 0 Å². The molecular weight excluding hydrogens is 322 g/mol. The summed E-state index contributed by atoms with van der Waals surface area (Å²) in [6.45, 7) is 5.03. The zero-order valence-corrected chi connectivity index (χ0v) is 15.2. The van der Waals surface area contributed by atoms with Gasteiger partial charge in [-0.1, -0.05) is 72.8 Å². The van der Waals surface area contributed by atoms with Crippen LogP contribution in [0.25, 0.3) is 6.08 Å². The number of benzene rings is 2. The maximum atomic E-state index is 12.3. The molecule has 1 aliphatic heterocycles. The van der Waals surface area contributed by atoms with E-state index in [0.29, 0.717) is 6.54 Å². The van der Waals surface area contributed by atoms with E-state index in [9.17, 15) is 4.79 Å². The average Bonchev–Trinajstić information content (AvgIpc) is 2.70. The Balaban J connectivity index is 1.34. The summed E-state index contributed by atoms with van der Waals surface area (Å²) in [6, 6.07) is 20.7. The molecule has 4 heteroatoms. The number of hydrogen-bond acceptors (Lipinski definition) is 2. The molecule has 1 fully saturated rings. The Morgan fingerprint density at radius 3 is 2.27 bits per heavy atom. The lowest BCUT2D eigenvalue weighted by molar-refractivity contribution is 0.147. The van der Waals surface area contributed by atoms with Gasteiger partial charge in [0.2, 0.25) is 0 Å². The van der Waals surface area contributed by atoms with E-state index < -0.39 is 0 Å². The van der Waals surface area contributed by atoms with E-state index in [0.717, 1.165) is 39.1 Å². The van der Waals surface area contributed by atoms with Crippen LogP contribution in [0.2, 0.25) is 0 Å². The van der Waals surface area contributed by atoms with Gasteiger partial charge in [-0.15, -0.1) is 0 Å². The normalized spacial score (nSPS) is 15.3. The molecule has 1 N–H and O–H groups in total. The van der Waals surface area contributed by atoms with Gasteiger partial charge in [-0.05, 0) is 17.5 Å². The van der Waals surface area contributed by atoms with Crippen LogP contribution < -0.4 is 5.32 Å². The topological polar surface area (TPSA) is 35.6 Å². The average molecular weight is 349 g/mol. The SMILES string of the molecule is O=C(NCCc1ccccc1)N1CCN(C/C=C/c2ccccc2)CC1. The van der Waals surface area contributed by atoms with E-state index >= 15 is 0 Å². The molecule has 4 nitrogen and oxygen atoms in total. The van der Waals surface area contributed by atoms with Crippen molar-refractivity contribution < 1.29 is 4.79 Å². The maximum Gasteiger partial charge on any atom is 0.317 e. The molecule has 1 aliphatic rings. The monoisotopic (exact) mass is 349 g/mol. The number of nitrogens with zero attached hydrogens (tertiary/aromatic N) is 2. The smallest absolute Gasteiger partial charge is 0.317 e. The molecule has 2 aromatic rings. The second-order valence-electron chi connectivity index (χ2n) is 6.57. The fraction of sp³-hybridized carbons (Fsp3) is 0.318. The van der Waals surface area contributed by atoms with Crippen molar-refractivity contribution >= 4 is 12.1 Å². The lowest BCUT2D eigenvalue weighted by Gasteiger charge is -2.34. The summed E-state index contributed by atoms with van der Waals surface area (Å²) in [4.78, 5) is 16.6. The molecule has 2 aromatic carbocycles. The van der Waals surface area contributed by atoms with Crippen LogP contribution in [0.5, 0.6) is 0 Å². The highest BCUT2D eigenvalue weighted by molar-refractivity contribution is 5.74. The highest BCUT2D eigenvalue weighted by atomic mass is 16.2. The molecule has 0 spiro atoms. The zero-order chi connectivity index (χ0) is 18.0. The number of hydrogen-bond donors (Lipinski definition) is 1. The molecule has 136 valence electrons. The molecule has 1 heterocycles. The van der Waals surface area contributed by atoms with Crippen LogP contribution in [-0.2, 0) is 6.42 Å². The molecule has 26 heavy (non-hydrogen) atoms. The van der Waals surface area contributed by atoms with E-state index in [1.807, 2.05) is 29.2 Å². The second-order valence-corrected chi connectivity index (χ2v) is 6.57. The van der Waals surface area contributed by atoms with E-state index in [2.05, 4.69) is 58.8 Å². The van der Waals surface area contributed by atoms with Crippen molar-refractivity contribution in [3.05, 3.63) is 77.9 Å². The summed E-state index contributed by atoms with van der Waals surface area (Å²) < 4.78 is 0. The molecule has 3 rings (SSSR count). The van der Waals surface area contributed by atoms with Crippen LogP contribution >= 0.6 is 0 Å². The molecule has 2 amide bonds. The quantitative estimate of drug-likeness (QED) is 0.869. The summed E-state index contributed by atoms with van der Waals surface area (Å²) in [6.07, 6.45) is 5.23. The Bertz CT molecular complexity index is 692. The van der Waals surface area contributed by atoms with Crippen LogP contribution in [0.4, 0.5) is 4.79 Å². The number of carbonyl (C=O) groups is 1. The van der Waals surface area contributed by atoms with Gasteiger partial charge >= 0.3 is 6.03 Å². The van der Waals surface area contributed by atoms with Crippen LogP contribution in [0.15, 0.2) is 66.7 Å². The van der Waals surface area contributed by atoms with Crippen molar-refractivity contribution in [2.45, 2.75) is 6.42 Å². The van der Waals surface area contributed by atoms with E-state index in [1.165, 1.54) is 11.1 Å². The molecule has 1 saturated heterocycles. The van der Waals surface area contributed by atoms with Crippen molar-refractivity contribution in [2.24, 2.45) is 0 Å². The maximum absolute atomic E-state index is 12.3. The molecule has 0 aliphatic carbocycles. The first-order valence-corrected chi connectivity index (χ1v) is 9.32. The third kappa shape index (κ3) is 5.74. The zero-order valence-electron chi connectivity index (χ0n) is 15.2. The van der Waals surface area contributed by atoms with Gasteiger partial charge in [0.25, 0.3) is 0 Å². The second kappa shape index (κ2) is 9.78. The third-order valence-corrected chi connectivity index (χ3v) is 4.67. The molecular formula is C22H27N3O. The van der Waals surface area contributed by atoms with Crippen LogP contribution in [0.1, 0.15) is 11.1 Å². The van der Waals surface area contributed by atoms with Gasteiger partial charge in [-0.25, -0.2) is 4.79 Å². The van der Waals surface area contributed by atoms with Gasteiger partial charge in [0.05, 0.1) is 0 Å². The summed E-state index contributed by atoms with van der Waals surface area (Å²) in [5.41, 5.74) is 2.48. The number of carbonyl (C=O) groups excluding carboxylic acids is 1. The standard InChI is InChI=1S/C22H27N3O/c26-22(23-14-13-21-10-5-2-6-11-21)25-18-16-24(17-19-25)15-7-12-20-8-3-1-4-9-20/h1-12H,13-19H2,(H,23,26)/b12-7+. The molecule has 0 aromatic heterocycles. The Kier molecular flexibility index (Phi) is 6.85. The van der Waals surface area contributed by atoms with Gasteiger partial charge in [0.1, 0.15) is 0 Å². The predicted octanol–water partition coefficient (Wildman–Crippen LogP) is 3.27. The lowest BCUT2D eigenvalue weighted by Crippen LogP contribution is -2.51. The minimum absolute atomic E-state index is 0.0559. The summed E-state index contributed by atoms with van der Waals surface area (Å²) in [5.74, 6) is 0. The number of urea groups is 1. The fourth-order valence-corrected chi connectivity index (χ4v) is 3.11. The van der Waals surface area contributed by atoms with Crippen molar-refractivity contribution in [3.8, 4) is 0 Å². The lowest BCUT2D eigenvalue weighted by atomic mass is 10.1. The van der Waals surface area contributed by atoms with E-state index in [-0.39, 0.29) is 6.03 Å². The van der Waals surface area contributed by atoms with Crippen LogP contribution in [0.3, 0.4) is 0 Å². The molecule has 0 bridgehead atoms. The minimum atomic E-state index is 0.0559. The fourth-order valence-electron chi connectivity index (χ4n) is 3.11. The third-order valence-electron chi connectivity index (χ3n) is 4.67. The molecule has 0 radical (unpaired) electrons. The van der Waals surface area contributed by atoms with Gasteiger partial charge in [-0.3, -0.25) is 4.90 Å². The minimum Gasteiger partial charge on any atom is -0.338 e. The highest BCUT2D eigenvalue weighted by Crippen LogP contribution is 2.05. The van der Waals surface area contributed by atoms with E-state index in [4.69, 9.17) is 0 Å². The van der Waals surface area contributed by atoms with Crippen LogP contribution in [0, 0.1) is 0 Å². The predicted molar refractivity (Wildman–Crippen MR) is 107 cm³/mol. The van der Waals surface area contributed by atoms with E-state index in [1.54, 1.807) is 0 Å². The molecule has 0 unspecified atom stereocenters. The van der Waals surface area contributed by atoms with Crippen molar-refractivity contribution in [1.29, 1.82) is 0 Å². The van der Waals surface area contributed by atoms with Crippen LogP contribution in [-0.4, -0.2) is 55.1 Å². The Morgan fingerprint density at radius 2 is 1.58 bits per heavy atom.